The Labute approximate surface area is 93.2 Å². The Morgan fingerprint density at radius 1 is 1.44 bits per heavy atom. The largest absolute Gasteiger partial charge is 0.469 e. The molecule has 16 heavy (non-hydrogen) atoms. The van der Waals surface area contributed by atoms with E-state index in [9.17, 15) is 14.9 Å². The number of ether oxygens (including phenoxy) is 1. The number of non-ortho nitro benzene ring substituents is 1. The molecule has 1 unspecified atom stereocenters. The SMILES string of the molecule is COC(=O)CC(C)c1ccc([N+](=O)[O-])cc1. The molecule has 0 fully saturated rings. The van der Waals surface area contributed by atoms with E-state index in [2.05, 4.69) is 4.74 Å². The van der Waals surface area contributed by atoms with Crippen LogP contribution in [0.3, 0.4) is 0 Å². The van der Waals surface area contributed by atoms with Crippen LogP contribution in [0.15, 0.2) is 24.3 Å². The fraction of sp³-hybridized carbons (Fsp3) is 0.364. The number of hydrogen-bond donors (Lipinski definition) is 0. The first-order valence-corrected chi connectivity index (χ1v) is 4.85. The van der Waals surface area contributed by atoms with Crippen molar-refractivity contribution >= 4 is 11.7 Å². The maximum absolute atomic E-state index is 11.0. The molecule has 0 N–H and O–H groups in total. The summed E-state index contributed by atoms with van der Waals surface area (Å²) in [4.78, 5) is 21.0. The van der Waals surface area contributed by atoms with E-state index in [1.54, 1.807) is 12.1 Å². The Morgan fingerprint density at radius 2 is 2.00 bits per heavy atom. The van der Waals surface area contributed by atoms with Gasteiger partial charge in [-0.1, -0.05) is 19.1 Å². The lowest BCUT2D eigenvalue weighted by Gasteiger charge is -2.09. The summed E-state index contributed by atoms with van der Waals surface area (Å²) in [5.74, 6) is -0.292. The van der Waals surface area contributed by atoms with Crippen LogP contribution in [0.25, 0.3) is 0 Å². The van der Waals surface area contributed by atoms with Crippen LogP contribution in [0.2, 0.25) is 0 Å². The van der Waals surface area contributed by atoms with Crippen LogP contribution in [0.5, 0.6) is 0 Å². The minimum Gasteiger partial charge on any atom is -0.469 e. The van der Waals surface area contributed by atoms with Gasteiger partial charge in [-0.15, -0.1) is 0 Å². The fourth-order valence-corrected chi connectivity index (χ4v) is 1.38. The van der Waals surface area contributed by atoms with E-state index in [-0.39, 0.29) is 24.0 Å². The van der Waals surface area contributed by atoms with Crippen LogP contribution in [-0.4, -0.2) is 18.0 Å². The van der Waals surface area contributed by atoms with Crippen LogP contribution < -0.4 is 0 Å². The summed E-state index contributed by atoms with van der Waals surface area (Å²) < 4.78 is 4.56. The zero-order valence-electron chi connectivity index (χ0n) is 9.17. The van der Waals surface area contributed by atoms with Crippen molar-refractivity contribution in [2.75, 3.05) is 7.11 Å². The Morgan fingerprint density at radius 3 is 2.44 bits per heavy atom. The first-order chi connectivity index (χ1) is 7.54. The topological polar surface area (TPSA) is 69.4 Å². The first kappa shape index (κ1) is 12.2. The standard InChI is InChI=1S/C11H13NO4/c1-8(7-11(13)16-2)9-3-5-10(6-4-9)12(14)15/h3-6,8H,7H2,1-2H3. The van der Waals surface area contributed by atoms with Gasteiger partial charge >= 0.3 is 5.97 Å². The van der Waals surface area contributed by atoms with Crippen molar-refractivity contribution in [3.63, 3.8) is 0 Å². The molecule has 0 aliphatic carbocycles. The summed E-state index contributed by atoms with van der Waals surface area (Å²) in [6.45, 7) is 1.87. The number of hydrogen-bond acceptors (Lipinski definition) is 4. The van der Waals surface area contributed by atoms with E-state index >= 15 is 0 Å². The maximum atomic E-state index is 11.0. The molecule has 0 radical (unpaired) electrons. The van der Waals surface area contributed by atoms with E-state index in [1.165, 1.54) is 19.2 Å². The highest BCUT2D eigenvalue weighted by Gasteiger charge is 2.12. The lowest BCUT2D eigenvalue weighted by molar-refractivity contribution is -0.384. The smallest absolute Gasteiger partial charge is 0.306 e. The van der Waals surface area contributed by atoms with Gasteiger partial charge in [0, 0.05) is 12.1 Å². The summed E-state index contributed by atoms with van der Waals surface area (Å²) >= 11 is 0. The van der Waals surface area contributed by atoms with Crippen LogP contribution in [0, 0.1) is 10.1 Å². The Hall–Kier alpha value is -1.91. The monoisotopic (exact) mass is 223 g/mol. The minimum atomic E-state index is -0.450. The third-order valence-corrected chi connectivity index (χ3v) is 2.37. The van der Waals surface area contributed by atoms with Crippen molar-refractivity contribution in [2.24, 2.45) is 0 Å². The van der Waals surface area contributed by atoms with Gasteiger partial charge in [-0.3, -0.25) is 14.9 Å². The number of rotatable bonds is 4. The molecule has 0 aromatic heterocycles. The zero-order valence-corrected chi connectivity index (χ0v) is 9.17. The highest BCUT2D eigenvalue weighted by Crippen LogP contribution is 2.22. The van der Waals surface area contributed by atoms with Crippen molar-refractivity contribution in [3.8, 4) is 0 Å². The molecule has 1 aromatic rings. The van der Waals surface area contributed by atoms with Gasteiger partial charge in [-0.25, -0.2) is 0 Å². The number of benzene rings is 1. The van der Waals surface area contributed by atoms with Crippen molar-refractivity contribution in [1.29, 1.82) is 0 Å². The first-order valence-electron chi connectivity index (χ1n) is 4.85. The number of nitrogens with zero attached hydrogens (tertiary/aromatic N) is 1. The second kappa shape index (κ2) is 5.25. The molecular weight excluding hydrogens is 210 g/mol. The summed E-state index contributed by atoms with van der Waals surface area (Å²) in [7, 11) is 1.34. The van der Waals surface area contributed by atoms with Gasteiger partial charge < -0.3 is 4.74 Å². The van der Waals surface area contributed by atoms with Gasteiger partial charge in [0.05, 0.1) is 18.5 Å². The van der Waals surface area contributed by atoms with Crippen molar-refractivity contribution in [3.05, 3.63) is 39.9 Å². The molecule has 0 aliphatic rings. The van der Waals surface area contributed by atoms with Gasteiger partial charge in [0.25, 0.3) is 5.69 Å². The van der Waals surface area contributed by atoms with Gasteiger partial charge in [0.1, 0.15) is 0 Å². The second-order valence-corrected chi connectivity index (χ2v) is 3.53. The number of methoxy groups -OCH3 is 1. The van der Waals surface area contributed by atoms with Crippen molar-refractivity contribution in [1.82, 2.24) is 0 Å². The van der Waals surface area contributed by atoms with E-state index in [4.69, 9.17) is 0 Å². The molecule has 5 heteroatoms. The Balaban J connectivity index is 2.73. The summed E-state index contributed by atoms with van der Waals surface area (Å²) in [5, 5.41) is 10.4. The number of carbonyl (C=O) groups excluding carboxylic acids is 1. The molecule has 0 saturated heterocycles. The fourth-order valence-electron chi connectivity index (χ4n) is 1.38. The molecular formula is C11H13NO4. The zero-order chi connectivity index (χ0) is 12.1. The number of esters is 1. The van der Waals surface area contributed by atoms with Gasteiger partial charge in [0.15, 0.2) is 0 Å². The van der Waals surface area contributed by atoms with E-state index in [0.29, 0.717) is 0 Å². The Kier molecular flexibility index (Phi) is 3.99. The summed E-state index contributed by atoms with van der Waals surface area (Å²) in [6, 6.07) is 6.18. The number of carbonyl (C=O) groups is 1. The molecule has 1 aromatic carbocycles. The second-order valence-electron chi connectivity index (χ2n) is 3.53. The average molecular weight is 223 g/mol. The minimum absolute atomic E-state index is 0.00625. The molecule has 0 saturated carbocycles. The number of nitro groups is 1. The predicted molar refractivity (Wildman–Crippen MR) is 58.1 cm³/mol. The molecule has 0 aliphatic heterocycles. The van der Waals surface area contributed by atoms with Crippen LogP contribution in [-0.2, 0) is 9.53 Å². The van der Waals surface area contributed by atoms with Crippen molar-refractivity contribution < 1.29 is 14.5 Å². The third-order valence-electron chi connectivity index (χ3n) is 2.37. The predicted octanol–water partition coefficient (Wildman–Crippen LogP) is 2.26. The van der Waals surface area contributed by atoms with E-state index < -0.39 is 4.92 Å². The molecule has 0 spiro atoms. The lowest BCUT2D eigenvalue weighted by atomic mass is 9.98. The third kappa shape index (κ3) is 3.05. The van der Waals surface area contributed by atoms with Gasteiger partial charge in [-0.2, -0.15) is 0 Å². The molecule has 86 valence electrons. The maximum Gasteiger partial charge on any atom is 0.306 e. The van der Waals surface area contributed by atoms with E-state index in [1.807, 2.05) is 6.92 Å². The highest BCUT2D eigenvalue weighted by molar-refractivity contribution is 5.70. The molecule has 1 rings (SSSR count). The molecule has 1 atom stereocenters. The quantitative estimate of drug-likeness (QED) is 0.446. The molecule has 0 heterocycles. The molecule has 0 bridgehead atoms. The normalized spacial score (nSPS) is 11.9. The van der Waals surface area contributed by atoms with Crippen LogP contribution in [0.1, 0.15) is 24.8 Å². The Bertz CT molecular complexity index is 385. The summed E-state index contributed by atoms with van der Waals surface area (Å²) in [5.41, 5.74) is 0.935. The lowest BCUT2D eigenvalue weighted by Crippen LogP contribution is -2.05. The summed E-state index contributed by atoms with van der Waals surface area (Å²) in [6.07, 6.45) is 0.272. The van der Waals surface area contributed by atoms with E-state index in [0.717, 1.165) is 5.56 Å². The van der Waals surface area contributed by atoms with Crippen LogP contribution >= 0.6 is 0 Å². The van der Waals surface area contributed by atoms with Crippen molar-refractivity contribution in [2.45, 2.75) is 19.3 Å². The molecule has 0 amide bonds. The van der Waals surface area contributed by atoms with Gasteiger partial charge in [-0.05, 0) is 11.5 Å². The van der Waals surface area contributed by atoms with Crippen LogP contribution in [0.4, 0.5) is 5.69 Å². The highest BCUT2D eigenvalue weighted by atomic mass is 16.6. The molecule has 5 nitrogen and oxygen atoms in total. The average Bonchev–Trinajstić information content (AvgIpc) is 2.28. The van der Waals surface area contributed by atoms with Gasteiger partial charge in [0.2, 0.25) is 0 Å². The number of nitro benzene ring substituents is 1.